The van der Waals surface area contributed by atoms with E-state index in [0.717, 1.165) is 6.54 Å². The second-order valence-corrected chi connectivity index (χ2v) is 1.31. The highest BCUT2D eigenvalue weighted by Gasteiger charge is 1.88. The Hall–Kier alpha value is 0.930. The fraction of sp³-hybridized carbons (Fsp3) is 0.800. The number of nitrogens with one attached hydrogen (secondary N) is 1. The molecule has 0 saturated carbocycles. The molecule has 0 fully saturated rings. The molecule has 9 heavy (non-hydrogen) atoms. The van der Waals surface area contributed by atoms with Gasteiger partial charge in [0.05, 0.1) is 0 Å². The summed E-state index contributed by atoms with van der Waals surface area (Å²) in [6.45, 7) is 4.49. The average molecular weight is 355 g/mol. The molecule has 0 aliphatic rings. The lowest BCUT2D eigenvalue weighted by Crippen LogP contribution is -2.20. The maximum absolute atomic E-state index is 10.3. The predicted octanol–water partition coefficient (Wildman–Crippen LogP) is 2.30. The van der Waals surface area contributed by atoms with E-state index in [0.29, 0.717) is 6.42 Å². The van der Waals surface area contributed by atoms with E-state index >= 15 is 0 Å². The first-order chi connectivity index (χ1) is 4.31. The summed E-state index contributed by atoms with van der Waals surface area (Å²) < 4.78 is 0. The van der Waals surface area contributed by atoms with Crippen LogP contribution in [0.4, 0.5) is 0 Å². The Morgan fingerprint density at radius 1 is 1.44 bits per heavy atom. The summed E-state index contributed by atoms with van der Waals surface area (Å²) in [6.07, 6.45) is 0.591. The molecule has 56 valence electrons. The number of hydrogen-bond acceptors (Lipinski definition) is 1. The van der Waals surface area contributed by atoms with Crippen LogP contribution in [-0.2, 0) is 4.79 Å². The monoisotopic (exact) mass is 355 g/mol. The van der Waals surface area contributed by atoms with E-state index in [9.17, 15) is 4.79 Å². The van der Waals surface area contributed by atoms with Crippen molar-refractivity contribution in [1.29, 1.82) is 0 Å². The van der Waals surface area contributed by atoms with E-state index in [1.807, 2.05) is 13.8 Å². The third-order valence-electron chi connectivity index (χ3n) is 0.695. The summed E-state index contributed by atoms with van der Waals surface area (Å²) >= 11 is 4.24. The minimum atomic E-state index is 0.127. The summed E-state index contributed by atoms with van der Waals surface area (Å²) in [5, 5.41) is 2.66. The standard InChI is InChI=1S/C5H11NO.I2/c1-3-5(7)6-4-2;1-2/h3-4H2,1-2H3,(H,6,7);. The average Bonchev–Trinajstić information content (AvgIpc) is 1.93. The van der Waals surface area contributed by atoms with E-state index in [-0.39, 0.29) is 5.91 Å². The van der Waals surface area contributed by atoms with Gasteiger partial charge in [0.1, 0.15) is 0 Å². The molecule has 0 unspecified atom stereocenters. The Kier molecular flexibility index (Phi) is 16.4. The van der Waals surface area contributed by atoms with Gasteiger partial charge < -0.3 is 5.32 Å². The molecule has 0 bridgehead atoms. The third-order valence-corrected chi connectivity index (χ3v) is 0.695. The molecule has 0 saturated heterocycles. The summed E-state index contributed by atoms with van der Waals surface area (Å²) in [5.74, 6) is 0.127. The van der Waals surface area contributed by atoms with Crippen molar-refractivity contribution in [3.63, 3.8) is 0 Å². The molecule has 4 heteroatoms. The van der Waals surface area contributed by atoms with Gasteiger partial charge in [-0.3, -0.25) is 4.79 Å². The zero-order valence-corrected chi connectivity index (χ0v) is 9.89. The van der Waals surface area contributed by atoms with Crippen molar-refractivity contribution in [2.45, 2.75) is 20.3 Å². The van der Waals surface area contributed by atoms with E-state index in [1.54, 1.807) is 0 Å². The maximum atomic E-state index is 10.3. The first-order valence-electron chi connectivity index (χ1n) is 2.72. The number of amides is 1. The molecule has 0 atom stereocenters. The van der Waals surface area contributed by atoms with Gasteiger partial charge in [0.25, 0.3) is 0 Å². The van der Waals surface area contributed by atoms with Gasteiger partial charge in [-0.2, -0.15) is 0 Å². The zero-order valence-electron chi connectivity index (χ0n) is 5.58. The predicted molar refractivity (Wildman–Crippen MR) is 57.0 cm³/mol. The van der Waals surface area contributed by atoms with Crippen molar-refractivity contribution in [3.05, 3.63) is 0 Å². The summed E-state index contributed by atoms with van der Waals surface area (Å²) in [5.41, 5.74) is 0. The van der Waals surface area contributed by atoms with E-state index in [2.05, 4.69) is 42.5 Å². The molecular weight excluding hydrogens is 344 g/mol. The molecule has 2 nitrogen and oxygen atoms in total. The van der Waals surface area contributed by atoms with Gasteiger partial charge in [-0.25, -0.2) is 0 Å². The number of hydrogen-bond donors (Lipinski definition) is 1. The Bertz CT molecular complexity index is 68.0. The second-order valence-electron chi connectivity index (χ2n) is 1.31. The number of halogens is 2. The van der Waals surface area contributed by atoms with E-state index in [1.165, 1.54) is 0 Å². The Morgan fingerprint density at radius 2 is 1.89 bits per heavy atom. The van der Waals surface area contributed by atoms with E-state index in [4.69, 9.17) is 0 Å². The SMILES string of the molecule is CCNC(=O)CC.II. The fourth-order valence-corrected chi connectivity index (χ4v) is 0.322. The van der Waals surface area contributed by atoms with Crippen LogP contribution in [0.15, 0.2) is 0 Å². The molecular formula is C5H11I2NO. The second kappa shape index (κ2) is 11.7. The topological polar surface area (TPSA) is 29.1 Å². The van der Waals surface area contributed by atoms with Gasteiger partial charge in [-0.05, 0) is 6.92 Å². The molecule has 0 rings (SSSR count). The minimum absolute atomic E-state index is 0.127. The van der Waals surface area contributed by atoms with E-state index < -0.39 is 0 Å². The van der Waals surface area contributed by atoms with Crippen LogP contribution in [0.25, 0.3) is 0 Å². The lowest BCUT2D eigenvalue weighted by atomic mass is 10.4. The summed E-state index contributed by atoms with van der Waals surface area (Å²) in [4.78, 5) is 10.3. The van der Waals surface area contributed by atoms with Crippen LogP contribution < -0.4 is 5.32 Å². The highest BCUT2D eigenvalue weighted by Crippen LogP contribution is 1.89. The minimum Gasteiger partial charge on any atom is -0.356 e. The van der Waals surface area contributed by atoms with Crippen molar-refractivity contribution < 1.29 is 4.79 Å². The molecule has 0 heterocycles. The quantitative estimate of drug-likeness (QED) is 0.757. The molecule has 0 aliphatic carbocycles. The lowest BCUT2D eigenvalue weighted by Gasteiger charge is -1.93. The zero-order chi connectivity index (χ0) is 7.70. The third kappa shape index (κ3) is 12.2. The highest BCUT2D eigenvalue weighted by atomic mass is 128. The van der Waals surface area contributed by atoms with Gasteiger partial charge in [-0.15, -0.1) is 0 Å². The van der Waals surface area contributed by atoms with Crippen LogP contribution in [0, 0.1) is 0 Å². The van der Waals surface area contributed by atoms with Crippen LogP contribution in [-0.4, -0.2) is 12.5 Å². The van der Waals surface area contributed by atoms with Gasteiger partial charge in [0.2, 0.25) is 5.91 Å². The molecule has 0 spiro atoms. The highest BCUT2D eigenvalue weighted by molar-refractivity contribution is 15.0. The first-order valence-corrected chi connectivity index (χ1v) is 9.00. The Balaban J connectivity index is 0. The number of carbonyl (C=O) groups excluding carboxylic acids is 1. The van der Waals surface area contributed by atoms with Gasteiger partial charge in [0.15, 0.2) is 0 Å². The number of carbonyl (C=O) groups is 1. The van der Waals surface area contributed by atoms with Crippen molar-refractivity contribution in [2.24, 2.45) is 0 Å². The van der Waals surface area contributed by atoms with Gasteiger partial charge in [0, 0.05) is 50.2 Å². The smallest absolute Gasteiger partial charge is 0.219 e. The number of rotatable bonds is 2. The molecule has 0 aromatic heterocycles. The van der Waals surface area contributed by atoms with Crippen LogP contribution in [0.1, 0.15) is 20.3 Å². The summed E-state index contributed by atoms with van der Waals surface area (Å²) in [7, 11) is 0. The molecule has 1 amide bonds. The molecule has 0 aromatic rings. The lowest BCUT2D eigenvalue weighted by molar-refractivity contribution is -0.120. The van der Waals surface area contributed by atoms with Crippen LogP contribution in [0.2, 0.25) is 0 Å². The van der Waals surface area contributed by atoms with Crippen LogP contribution in [0.5, 0.6) is 0 Å². The van der Waals surface area contributed by atoms with Crippen molar-refractivity contribution in [3.8, 4) is 0 Å². The van der Waals surface area contributed by atoms with Gasteiger partial charge in [-0.1, -0.05) is 6.92 Å². The first kappa shape index (κ1) is 12.6. The van der Waals surface area contributed by atoms with Crippen molar-refractivity contribution in [1.82, 2.24) is 5.32 Å². The van der Waals surface area contributed by atoms with Crippen molar-refractivity contribution in [2.75, 3.05) is 6.54 Å². The molecule has 1 N–H and O–H groups in total. The Morgan fingerprint density at radius 3 is 2.00 bits per heavy atom. The van der Waals surface area contributed by atoms with Gasteiger partial charge >= 0.3 is 0 Å². The largest absolute Gasteiger partial charge is 0.356 e. The normalized spacial score (nSPS) is 7.11. The molecule has 0 aromatic carbocycles. The van der Waals surface area contributed by atoms with Crippen molar-refractivity contribution >= 4 is 43.1 Å². The molecule has 0 radical (unpaired) electrons. The maximum Gasteiger partial charge on any atom is 0.219 e. The Labute approximate surface area is 79.5 Å². The summed E-state index contributed by atoms with van der Waals surface area (Å²) in [6, 6.07) is 0. The van der Waals surface area contributed by atoms with Crippen LogP contribution >= 0.6 is 37.2 Å². The van der Waals surface area contributed by atoms with Crippen LogP contribution in [0.3, 0.4) is 0 Å². The molecule has 0 aliphatic heterocycles. The fourth-order valence-electron chi connectivity index (χ4n) is 0.322.